The normalized spacial score (nSPS) is 12.9. The minimum atomic E-state index is -4.70. The topological polar surface area (TPSA) is 99.6 Å². The first-order valence-electron chi connectivity index (χ1n) is 10.6. The van der Waals surface area contributed by atoms with Crippen LogP contribution in [0.3, 0.4) is 0 Å². The van der Waals surface area contributed by atoms with Crippen LogP contribution >= 0.6 is 11.8 Å². The second-order valence-electron chi connectivity index (χ2n) is 7.98. The van der Waals surface area contributed by atoms with Crippen molar-refractivity contribution in [3.63, 3.8) is 0 Å². The first-order chi connectivity index (χ1) is 16.2. The fourth-order valence-electron chi connectivity index (χ4n) is 3.25. The third kappa shape index (κ3) is 5.48. The van der Waals surface area contributed by atoms with Crippen LogP contribution in [0.2, 0.25) is 0 Å². The lowest BCUT2D eigenvalue weighted by Crippen LogP contribution is -2.30. The summed E-state index contributed by atoms with van der Waals surface area (Å²) >= 11 is 0.749. The predicted octanol–water partition coefficient (Wildman–Crippen LogP) is 5.17. The van der Waals surface area contributed by atoms with Crippen molar-refractivity contribution in [3.05, 3.63) is 59.9 Å². The predicted molar refractivity (Wildman–Crippen MR) is 126 cm³/mol. The molecule has 0 radical (unpaired) electrons. The van der Waals surface area contributed by atoms with Crippen LogP contribution in [0, 0.1) is 0 Å². The first kappa shape index (κ1) is 24.0. The summed E-state index contributed by atoms with van der Waals surface area (Å²) in [7, 11) is 0. The van der Waals surface area contributed by atoms with Gasteiger partial charge in [-0.1, -0.05) is 55.9 Å². The Balaban J connectivity index is 1.56. The number of anilines is 1. The SMILES string of the molecule is CC(C)c1[nH]nc2c(NCc3ccc(-c4ccccn4)cc3)nc(SCC(O)C(F)(F)F)nc12. The molecule has 0 fully saturated rings. The summed E-state index contributed by atoms with van der Waals surface area (Å²) in [6.45, 7) is 4.35. The van der Waals surface area contributed by atoms with Crippen molar-refractivity contribution in [2.75, 3.05) is 11.1 Å². The fourth-order valence-corrected chi connectivity index (χ4v) is 4.06. The molecule has 1 atom stereocenters. The molecule has 0 aliphatic heterocycles. The zero-order valence-electron chi connectivity index (χ0n) is 18.5. The highest BCUT2D eigenvalue weighted by Crippen LogP contribution is 2.30. The van der Waals surface area contributed by atoms with Crippen LogP contribution in [0.25, 0.3) is 22.3 Å². The Morgan fingerprint density at radius 1 is 1.06 bits per heavy atom. The molecule has 34 heavy (non-hydrogen) atoms. The number of alkyl halides is 3. The lowest BCUT2D eigenvalue weighted by molar-refractivity contribution is -0.195. The molecule has 0 bridgehead atoms. The zero-order chi connectivity index (χ0) is 24.3. The number of hydrogen-bond acceptors (Lipinski definition) is 7. The molecular formula is C23H23F3N6OS. The highest BCUT2D eigenvalue weighted by molar-refractivity contribution is 7.99. The van der Waals surface area contributed by atoms with Gasteiger partial charge in [0.25, 0.3) is 0 Å². The molecule has 4 rings (SSSR count). The van der Waals surface area contributed by atoms with Crippen molar-refractivity contribution < 1.29 is 18.3 Å². The highest BCUT2D eigenvalue weighted by Gasteiger charge is 2.38. The van der Waals surface area contributed by atoms with Crippen molar-refractivity contribution in [2.45, 2.75) is 43.7 Å². The maximum Gasteiger partial charge on any atom is 0.415 e. The number of fused-ring (bicyclic) bond motifs is 1. The summed E-state index contributed by atoms with van der Waals surface area (Å²) in [6.07, 6.45) is -5.41. The molecule has 0 aliphatic rings. The van der Waals surface area contributed by atoms with Crippen LogP contribution in [0.5, 0.6) is 0 Å². The van der Waals surface area contributed by atoms with E-state index in [1.54, 1.807) is 6.20 Å². The van der Waals surface area contributed by atoms with Crippen molar-refractivity contribution in [2.24, 2.45) is 0 Å². The molecule has 0 amide bonds. The van der Waals surface area contributed by atoms with E-state index in [4.69, 9.17) is 0 Å². The molecule has 0 saturated heterocycles. The average Bonchev–Trinajstić information content (AvgIpc) is 3.26. The molecule has 7 nitrogen and oxygen atoms in total. The maximum absolute atomic E-state index is 12.7. The largest absolute Gasteiger partial charge is 0.415 e. The third-order valence-corrected chi connectivity index (χ3v) is 6.03. The number of nitrogens with zero attached hydrogens (tertiary/aromatic N) is 4. The van der Waals surface area contributed by atoms with Gasteiger partial charge >= 0.3 is 6.18 Å². The Kier molecular flexibility index (Phi) is 7.03. The van der Waals surface area contributed by atoms with Crippen molar-refractivity contribution >= 4 is 28.6 Å². The van der Waals surface area contributed by atoms with Crippen LogP contribution in [0.15, 0.2) is 53.8 Å². The van der Waals surface area contributed by atoms with Crippen LogP contribution in [0.4, 0.5) is 19.0 Å². The number of benzene rings is 1. The van der Waals surface area contributed by atoms with Gasteiger partial charge in [-0.15, -0.1) is 0 Å². The summed E-state index contributed by atoms with van der Waals surface area (Å²) in [6, 6.07) is 13.6. The Labute approximate surface area is 198 Å². The number of aliphatic hydroxyl groups is 1. The third-order valence-electron chi connectivity index (χ3n) is 5.11. The van der Waals surface area contributed by atoms with E-state index in [1.165, 1.54) is 0 Å². The standard InChI is InChI=1S/C23H23F3N6OS/c1-13(2)18-19-20(32-31-18)21(30-22(29-19)34-12-17(33)23(24,25)26)28-11-14-6-8-15(9-7-14)16-5-3-4-10-27-16/h3-10,13,17,33H,11-12H2,1-2H3,(H,31,32)(H,28,29,30). The monoisotopic (exact) mass is 488 g/mol. The summed E-state index contributed by atoms with van der Waals surface area (Å²) < 4.78 is 38.1. The molecule has 3 heterocycles. The van der Waals surface area contributed by atoms with E-state index in [0.717, 1.165) is 34.3 Å². The van der Waals surface area contributed by atoms with E-state index < -0.39 is 18.0 Å². The van der Waals surface area contributed by atoms with Crippen LogP contribution in [-0.2, 0) is 6.54 Å². The van der Waals surface area contributed by atoms with Crippen molar-refractivity contribution in [1.29, 1.82) is 0 Å². The lowest BCUT2D eigenvalue weighted by atomic mass is 10.1. The average molecular weight is 489 g/mol. The molecule has 3 N–H and O–H groups in total. The number of pyridine rings is 1. The van der Waals surface area contributed by atoms with Gasteiger partial charge in [0.1, 0.15) is 5.52 Å². The number of aromatic amines is 1. The van der Waals surface area contributed by atoms with Gasteiger partial charge in [0, 0.05) is 24.1 Å². The second-order valence-corrected chi connectivity index (χ2v) is 8.97. The summed E-state index contributed by atoms with van der Waals surface area (Å²) in [5.41, 5.74) is 4.66. The summed E-state index contributed by atoms with van der Waals surface area (Å²) in [5.74, 6) is -0.116. The van der Waals surface area contributed by atoms with E-state index >= 15 is 0 Å². The number of H-pyrrole nitrogens is 1. The molecule has 178 valence electrons. The van der Waals surface area contributed by atoms with Gasteiger partial charge in [0.2, 0.25) is 0 Å². The van der Waals surface area contributed by atoms with Gasteiger partial charge in [0.05, 0.1) is 11.4 Å². The lowest BCUT2D eigenvalue weighted by Gasteiger charge is -2.14. The van der Waals surface area contributed by atoms with E-state index in [9.17, 15) is 18.3 Å². The molecule has 4 aromatic rings. The molecule has 3 aromatic heterocycles. The molecule has 0 aliphatic carbocycles. The highest BCUT2D eigenvalue weighted by atomic mass is 32.2. The minimum absolute atomic E-state index is 0.0745. The van der Waals surface area contributed by atoms with Gasteiger partial charge in [-0.05, 0) is 23.6 Å². The Hall–Kier alpha value is -3.18. The molecule has 0 saturated carbocycles. The number of aromatic nitrogens is 5. The van der Waals surface area contributed by atoms with Gasteiger partial charge in [-0.25, -0.2) is 9.97 Å². The molecule has 1 aromatic carbocycles. The van der Waals surface area contributed by atoms with E-state index in [2.05, 4.69) is 30.5 Å². The molecular weight excluding hydrogens is 465 g/mol. The minimum Gasteiger partial charge on any atom is -0.383 e. The Morgan fingerprint density at radius 2 is 1.82 bits per heavy atom. The number of thioether (sulfide) groups is 1. The number of rotatable bonds is 8. The smallest absolute Gasteiger partial charge is 0.383 e. The fraction of sp³-hybridized carbons (Fsp3) is 0.304. The van der Waals surface area contributed by atoms with Crippen molar-refractivity contribution in [1.82, 2.24) is 25.1 Å². The zero-order valence-corrected chi connectivity index (χ0v) is 19.3. The number of aliphatic hydroxyl groups excluding tert-OH is 1. The molecule has 1 unspecified atom stereocenters. The Morgan fingerprint density at radius 3 is 2.47 bits per heavy atom. The maximum atomic E-state index is 12.7. The van der Waals surface area contributed by atoms with E-state index in [-0.39, 0.29) is 11.1 Å². The van der Waals surface area contributed by atoms with Gasteiger partial charge in [0.15, 0.2) is 22.6 Å². The van der Waals surface area contributed by atoms with Crippen LogP contribution in [-0.4, -0.2) is 48.3 Å². The van der Waals surface area contributed by atoms with Gasteiger partial charge in [-0.2, -0.15) is 18.3 Å². The Bertz CT molecular complexity index is 1250. The molecule has 0 spiro atoms. The number of hydrogen-bond donors (Lipinski definition) is 3. The number of nitrogens with one attached hydrogen (secondary N) is 2. The van der Waals surface area contributed by atoms with E-state index in [1.807, 2.05) is 56.3 Å². The van der Waals surface area contributed by atoms with E-state index in [0.29, 0.717) is 23.4 Å². The summed E-state index contributed by atoms with van der Waals surface area (Å²) in [4.78, 5) is 13.1. The second kappa shape index (κ2) is 9.98. The first-order valence-corrected chi connectivity index (χ1v) is 11.6. The van der Waals surface area contributed by atoms with Gasteiger partial charge in [-0.3, -0.25) is 10.1 Å². The molecule has 11 heteroatoms. The van der Waals surface area contributed by atoms with Crippen LogP contribution in [0.1, 0.15) is 31.0 Å². The summed E-state index contributed by atoms with van der Waals surface area (Å²) in [5, 5.41) is 20.0. The quantitative estimate of drug-likeness (QED) is 0.233. The van der Waals surface area contributed by atoms with Gasteiger partial charge < -0.3 is 10.4 Å². The number of halogens is 3. The van der Waals surface area contributed by atoms with Crippen molar-refractivity contribution in [3.8, 4) is 11.3 Å². The van der Waals surface area contributed by atoms with Crippen LogP contribution < -0.4 is 5.32 Å².